The van der Waals surface area contributed by atoms with Gasteiger partial charge in [0, 0.05) is 78.0 Å². The molecule has 22 heteroatoms. The van der Waals surface area contributed by atoms with E-state index in [9.17, 15) is 61.5 Å². The lowest BCUT2D eigenvalue weighted by Crippen LogP contribution is -2.35. The number of fused-ring (bicyclic) bond motifs is 4. The van der Waals surface area contributed by atoms with Gasteiger partial charge in [0.1, 0.15) is 6.54 Å². The number of allylic oxidation sites excluding steroid dienone is 8. The standard InChI is InChI=1S/C65H70N4O14S4/c1-64(2)54-42-52(86(78,79)80)30-32-57(54)67(38-12-40-84(72,73)74)59(64)34-28-48-18-11-19-49(29-35-60-65(3,4)55-43-53(87(81,82)83)31-33-58(55)68(60)39-13-41-85(75,76)77)63(48)50-24-22-45(23-25-50)14-5-10-21-61(70)66-37-36-62(71)69-44-51-17-7-6-15-46(51)26-27-47-16-8-9-20-56(47)69/h6-9,15-17,20,22-25,28-35,42-43H,5,10-14,18-19,21,36-41,44H2,1-4H3,(H4-,66,70,72,73,74,75,76,77,78,79,80,81,82,83)/p+1. The zero-order valence-corrected chi connectivity index (χ0v) is 52.1. The highest BCUT2D eigenvalue weighted by molar-refractivity contribution is 7.86. The number of carbonyl (C=O) groups excluding carboxylic acids is 2. The van der Waals surface area contributed by atoms with Crippen LogP contribution in [0.2, 0.25) is 0 Å². The van der Waals surface area contributed by atoms with Crippen LogP contribution in [0.25, 0.3) is 5.57 Å². The van der Waals surface area contributed by atoms with Gasteiger partial charge in [0.15, 0.2) is 5.71 Å². The molecule has 0 fully saturated rings. The van der Waals surface area contributed by atoms with E-state index in [1.165, 1.54) is 24.3 Å². The van der Waals surface area contributed by atoms with Crippen molar-refractivity contribution in [1.82, 2.24) is 5.32 Å². The molecular weight excluding hydrogens is 1190 g/mol. The highest BCUT2D eigenvalue weighted by atomic mass is 32.2. The SMILES string of the molecule is CC1(C)C(=CC=C2CCCC(C=CC3=[N+](CCCS(=O)(=O)O)c4ccc(S(=O)(=O)O)cc4C3(C)C)=C2c2ccc(CCCCC(=O)NCCC(=O)N3Cc4ccccc4C#Cc4ccccc43)cc2)N(CCCS(=O)(=O)O)c2ccc(S(=O)(=O)O)cc21. The van der Waals surface area contributed by atoms with Gasteiger partial charge in [-0.05, 0) is 152 Å². The van der Waals surface area contributed by atoms with E-state index >= 15 is 0 Å². The normalized spacial score (nSPS) is 17.4. The first-order chi connectivity index (χ1) is 41.0. The summed E-state index contributed by atoms with van der Waals surface area (Å²) in [5.41, 5.74) is 10.0. The summed E-state index contributed by atoms with van der Waals surface area (Å²) in [4.78, 5) is 29.9. The fraction of sp³-hybridized carbons (Fsp3) is 0.338. The second-order valence-electron chi connectivity index (χ2n) is 23.3. The van der Waals surface area contributed by atoms with Crippen molar-refractivity contribution in [2.45, 2.75) is 119 Å². The summed E-state index contributed by atoms with van der Waals surface area (Å²) in [7, 11) is -17.8. The molecule has 0 saturated heterocycles. The summed E-state index contributed by atoms with van der Waals surface area (Å²) in [5, 5.41) is 2.93. The molecule has 5 N–H and O–H groups in total. The Kier molecular flexibility index (Phi) is 19.0. The number of amides is 2. The molecule has 1 aliphatic carbocycles. The fourth-order valence-corrected chi connectivity index (χ4v) is 14.1. The van der Waals surface area contributed by atoms with Crippen LogP contribution >= 0.6 is 0 Å². The maximum Gasteiger partial charge on any atom is 0.294 e. The number of anilines is 2. The molecule has 18 nitrogen and oxygen atoms in total. The van der Waals surface area contributed by atoms with Gasteiger partial charge in [0.05, 0.1) is 38.9 Å². The Bertz CT molecular complexity index is 4270. The zero-order chi connectivity index (χ0) is 62.7. The van der Waals surface area contributed by atoms with Crippen molar-refractivity contribution in [3.05, 3.63) is 189 Å². The molecule has 0 unspecified atom stereocenters. The summed E-state index contributed by atoms with van der Waals surface area (Å²) in [6.07, 6.45) is 12.3. The second-order valence-corrected chi connectivity index (χ2v) is 29.3. The van der Waals surface area contributed by atoms with Gasteiger partial charge in [-0.1, -0.05) is 92.4 Å². The summed E-state index contributed by atoms with van der Waals surface area (Å²) in [5.74, 6) is 5.13. The minimum atomic E-state index is -4.59. The van der Waals surface area contributed by atoms with Gasteiger partial charge in [0.25, 0.3) is 40.5 Å². The molecule has 4 aliphatic rings. The van der Waals surface area contributed by atoms with E-state index in [2.05, 4.69) is 17.2 Å². The molecule has 0 radical (unpaired) electrons. The van der Waals surface area contributed by atoms with E-state index in [0.717, 1.165) is 50.2 Å². The largest absolute Gasteiger partial charge is 0.356 e. The minimum absolute atomic E-state index is 0.0373. The van der Waals surface area contributed by atoms with Gasteiger partial charge in [-0.2, -0.15) is 38.2 Å². The molecule has 0 saturated carbocycles. The predicted octanol–water partition coefficient (Wildman–Crippen LogP) is 10.1. The number of unbranched alkanes of at least 4 members (excludes halogenated alkanes) is 1. The van der Waals surface area contributed by atoms with Gasteiger partial charge in [-0.15, -0.1) is 0 Å². The molecule has 87 heavy (non-hydrogen) atoms. The van der Waals surface area contributed by atoms with Crippen molar-refractivity contribution in [2.75, 3.05) is 40.9 Å². The summed E-state index contributed by atoms with van der Waals surface area (Å²) < 4.78 is 138. The Hall–Kier alpha value is -7.33. The number of nitrogens with zero attached hydrogens (tertiary/aromatic N) is 3. The van der Waals surface area contributed by atoms with Crippen molar-refractivity contribution in [3.63, 3.8) is 0 Å². The van der Waals surface area contributed by atoms with Crippen molar-refractivity contribution in [3.8, 4) is 11.8 Å². The summed E-state index contributed by atoms with van der Waals surface area (Å²) in [6, 6.07) is 32.0. The molecule has 2 amide bonds. The molecule has 9 rings (SSSR count). The Morgan fingerprint density at radius 1 is 0.655 bits per heavy atom. The van der Waals surface area contributed by atoms with Crippen LogP contribution in [0.15, 0.2) is 160 Å². The lowest BCUT2D eigenvalue weighted by molar-refractivity contribution is -0.437. The lowest BCUT2D eigenvalue weighted by Gasteiger charge is -2.27. The van der Waals surface area contributed by atoms with Gasteiger partial charge in [-0.25, -0.2) is 0 Å². The van der Waals surface area contributed by atoms with Crippen LogP contribution in [0.3, 0.4) is 0 Å². The first kappa shape index (κ1) is 64.2. The molecule has 458 valence electrons. The van der Waals surface area contributed by atoms with Crippen LogP contribution < -0.4 is 15.1 Å². The van der Waals surface area contributed by atoms with Crippen LogP contribution in [0.4, 0.5) is 17.1 Å². The third kappa shape index (κ3) is 15.2. The van der Waals surface area contributed by atoms with E-state index in [-0.39, 0.29) is 66.9 Å². The molecule has 3 aliphatic heterocycles. The zero-order valence-electron chi connectivity index (χ0n) is 48.9. The van der Waals surface area contributed by atoms with Crippen LogP contribution in [-0.2, 0) is 73.9 Å². The van der Waals surface area contributed by atoms with E-state index in [0.29, 0.717) is 79.0 Å². The number of para-hydroxylation sites is 1. The summed E-state index contributed by atoms with van der Waals surface area (Å²) >= 11 is 0. The number of hydrogen-bond acceptors (Lipinski definition) is 11. The smallest absolute Gasteiger partial charge is 0.294 e. The third-order valence-electron chi connectivity index (χ3n) is 16.5. The van der Waals surface area contributed by atoms with E-state index in [1.807, 2.05) is 134 Å². The monoisotopic (exact) mass is 1260 g/mol. The highest BCUT2D eigenvalue weighted by Crippen LogP contribution is 2.49. The van der Waals surface area contributed by atoms with Gasteiger partial charge in [-0.3, -0.25) is 27.8 Å². The number of hydrogen-bond donors (Lipinski definition) is 5. The lowest BCUT2D eigenvalue weighted by atomic mass is 9.79. The average Bonchev–Trinajstić information content (AvgIpc) is 1.67. The van der Waals surface area contributed by atoms with Crippen LogP contribution in [0, 0.1) is 11.8 Å². The second kappa shape index (κ2) is 25.8. The Labute approximate surface area is 510 Å². The van der Waals surface area contributed by atoms with Gasteiger partial charge >= 0.3 is 0 Å². The van der Waals surface area contributed by atoms with Crippen molar-refractivity contribution < 1.29 is 66.0 Å². The van der Waals surface area contributed by atoms with E-state index in [1.54, 1.807) is 17.0 Å². The number of benzene rings is 5. The molecule has 0 bridgehead atoms. The van der Waals surface area contributed by atoms with Crippen LogP contribution in [-0.4, -0.2) is 105 Å². The molecule has 0 spiro atoms. The van der Waals surface area contributed by atoms with Crippen molar-refractivity contribution >= 4 is 80.6 Å². The minimum Gasteiger partial charge on any atom is -0.356 e. The maximum atomic E-state index is 13.7. The van der Waals surface area contributed by atoms with E-state index < -0.39 is 62.8 Å². The van der Waals surface area contributed by atoms with Crippen molar-refractivity contribution in [1.29, 1.82) is 0 Å². The highest BCUT2D eigenvalue weighted by Gasteiger charge is 2.45. The molecule has 5 aromatic rings. The molecule has 3 heterocycles. The van der Waals surface area contributed by atoms with Crippen molar-refractivity contribution in [2.24, 2.45) is 0 Å². The summed E-state index contributed by atoms with van der Waals surface area (Å²) in [6.45, 7) is 8.44. The Balaban J connectivity index is 0.984. The topological polar surface area (TPSA) is 273 Å². The average molecular weight is 1260 g/mol. The molecule has 0 aromatic heterocycles. The predicted molar refractivity (Wildman–Crippen MR) is 336 cm³/mol. The first-order valence-corrected chi connectivity index (χ1v) is 34.8. The van der Waals surface area contributed by atoms with Crippen LogP contribution in [0.5, 0.6) is 0 Å². The molecule has 5 aromatic carbocycles. The van der Waals surface area contributed by atoms with Crippen LogP contribution in [0.1, 0.15) is 124 Å². The van der Waals surface area contributed by atoms with Gasteiger partial charge in [0.2, 0.25) is 17.5 Å². The van der Waals surface area contributed by atoms with Gasteiger partial charge < -0.3 is 15.1 Å². The quantitative estimate of drug-likeness (QED) is 0.0187. The molecular formula is C65H71N4O14S4+. The third-order valence-corrected chi connectivity index (χ3v) is 19.8. The fourth-order valence-electron chi connectivity index (χ4n) is 12.1. The number of rotatable bonds is 22. The Morgan fingerprint density at radius 2 is 1.30 bits per heavy atom. The first-order valence-electron chi connectivity index (χ1n) is 28.7. The maximum absolute atomic E-state index is 13.7. The number of carbonyl (C=O) groups is 2. The van der Waals surface area contributed by atoms with E-state index in [4.69, 9.17) is 0 Å². The Morgan fingerprint density at radius 3 is 2.00 bits per heavy atom. The molecule has 0 atom stereocenters. The number of nitrogens with one attached hydrogen (secondary N) is 1. The number of aryl methyl sites for hydroxylation is 1.